The van der Waals surface area contributed by atoms with Crippen LogP contribution in [0.25, 0.3) is 11.1 Å². The molecule has 0 spiro atoms. The van der Waals surface area contributed by atoms with Gasteiger partial charge in [-0.05, 0) is 52.7 Å². The summed E-state index contributed by atoms with van der Waals surface area (Å²) in [6.07, 6.45) is 0. The maximum absolute atomic E-state index is 13.8. The normalized spacial score (nSPS) is 18.2. The number of thioether (sulfide) groups is 2. The van der Waals surface area contributed by atoms with Crippen molar-refractivity contribution in [3.63, 3.8) is 0 Å². The monoisotopic (exact) mass is 505 g/mol. The van der Waals surface area contributed by atoms with Gasteiger partial charge in [0, 0.05) is 11.9 Å². The van der Waals surface area contributed by atoms with Crippen LogP contribution in [0.15, 0.2) is 129 Å². The third kappa shape index (κ3) is 4.34. The summed E-state index contributed by atoms with van der Waals surface area (Å²) >= 11 is 3.10. The first kappa shape index (κ1) is 22.7. The Morgan fingerprint density at radius 1 is 0.722 bits per heavy atom. The van der Waals surface area contributed by atoms with Gasteiger partial charge in [0.2, 0.25) is 0 Å². The standard InChI is InChI=1S/C30H23N3OS2/c1-32-25-14-8-9-15-26(25)35-29(32)27-28(34)33(20-21-10-4-2-5-11-21)30(36-27)31-24-18-16-23(17-19-24)22-12-6-3-7-13-22/h2-19H,20H2,1H3/b29-27-,31-30?. The number of carbonyl (C=O) groups excluding carboxylic acids is 1. The molecule has 2 heterocycles. The smallest absolute Gasteiger partial charge is 0.269 e. The minimum absolute atomic E-state index is 0.00864. The number of carbonyl (C=O) groups is 1. The Morgan fingerprint density at radius 2 is 1.36 bits per heavy atom. The second-order valence-electron chi connectivity index (χ2n) is 8.55. The van der Waals surface area contributed by atoms with Crippen LogP contribution in [0.3, 0.4) is 0 Å². The molecule has 4 nitrogen and oxygen atoms in total. The number of benzene rings is 4. The first-order valence-corrected chi connectivity index (χ1v) is 13.3. The van der Waals surface area contributed by atoms with E-state index < -0.39 is 0 Å². The zero-order chi connectivity index (χ0) is 24.5. The average Bonchev–Trinajstić information content (AvgIpc) is 3.42. The van der Waals surface area contributed by atoms with Crippen molar-refractivity contribution in [1.82, 2.24) is 4.90 Å². The molecule has 1 fully saturated rings. The summed E-state index contributed by atoms with van der Waals surface area (Å²) < 4.78 is 0. The van der Waals surface area contributed by atoms with E-state index in [4.69, 9.17) is 4.99 Å². The summed E-state index contributed by atoms with van der Waals surface area (Å²) in [7, 11) is 2.02. The molecule has 0 bridgehead atoms. The second-order valence-corrected chi connectivity index (χ2v) is 10.6. The SMILES string of the molecule is CN1/C(=C2/SC(=Nc3ccc(-c4ccccc4)cc3)N(Cc3ccccc3)C2=O)Sc2ccccc21. The van der Waals surface area contributed by atoms with Gasteiger partial charge in [0.1, 0.15) is 4.91 Å². The van der Waals surface area contributed by atoms with Crippen LogP contribution in [0.2, 0.25) is 0 Å². The van der Waals surface area contributed by atoms with Gasteiger partial charge in [-0.25, -0.2) is 4.99 Å². The van der Waals surface area contributed by atoms with E-state index in [-0.39, 0.29) is 5.91 Å². The van der Waals surface area contributed by atoms with Gasteiger partial charge in [-0.2, -0.15) is 0 Å². The number of aliphatic imine (C=N–C) groups is 1. The third-order valence-corrected chi connectivity index (χ3v) is 8.61. The number of hydrogen-bond donors (Lipinski definition) is 0. The van der Waals surface area contributed by atoms with E-state index in [2.05, 4.69) is 41.3 Å². The van der Waals surface area contributed by atoms with E-state index in [0.29, 0.717) is 16.6 Å². The molecule has 1 saturated heterocycles. The Hall–Kier alpha value is -3.74. The highest BCUT2D eigenvalue weighted by molar-refractivity contribution is 8.19. The van der Waals surface area contributed by atoms with Gasteiger partial charge in [-0.1, -0.05) is 96.7 Å². The summed E-state index contributed by atoms with van der Waals surface area (Å²) in [5.74, 6) is -0.00864. The van der Waals surface area contributed by atoms with Crippen LogP contribution >= 0.6 is 23.5 Å². The third-order valence-electron chi connectivity index (χ3n) is 6.18. The Labute approximate surface area is 219 Å². The maximum atomic E-state index is 13.8. The molecule has 2 aliphatic heterocycles. The lowest BCUT2D eigenvalue weighted by Crippen LogP contribution is -2.29. The van der Waals surface area contributed by atoms with Crippen molar-refractivity contribution in [3.8, 4) is 11.1 Å². The van der Waals surface area contributed by atoms with Gasteiger partial charge >= 0.3 is 0 Å². The molecule has 4 aromatic carbocycles. The molecule has 36 heavy (non-hydrogen) atoms. The summed E-state index contributed by atoms with van der Waals surface area (Å²) in [5.41, 5.74) is 5.32. The lowest BCUT2D eigenvalue weighted by Gasteiger charge is -2.17. The van der Waals surface area contributed by atoms with Crippen LogP contribution in [0, 0.1) is 0 Å². The molecule has 4 aromatic rings. The predicted octanol–water partition coefficient (Wildman–Crippen LogP) is 7.53. The number of anilines is 1. The van der Waals surface area contributed by atoms with Crippen LogP contribution in [0.1, 0.15) is 5.56 Å². The van der Waals surface area contributed by atoms with Crippen LogP contribution in [-0.2, 0) is 11.3 Å². The molecule has 0 unspecified atom stereocenters. The largest absolute Gasteiger partial charge is 0.337 e. The molecule has 0 atom stereocenters. The molecule has 0 radical (unpaired) electrons. The number of hydrogen-bond acceptors (Lipinski definition) is 5. The topological polar surface area (TPSA) is 35.9 Å². The average molecular weight is 506 g/mol. The summed E-state index contributed by atoms with van der Waals surface area (Å²) in [4.78, 5) is 24.5. The fourth-order valence-corrected chi connectivity index (χ4v) is 6.64. The van der Waals surface area contributed by atoms with Gasteiger partial charge in [0.25, 0.3) is 5.91 Å². The molecular weight excluding hydrogens is 482 g/mol. The van der Waals surface area contributed by atoms with E-state index in [1.807, 2.05) is 79.8 Å². The first-order valence-electron chi connectivity index (χ1n) is 11.7. The zero-order valence-corrected chi connectivity index (χ0v) is 21.3. The molecule has 0 aliphatic carbocycles. The second kappa shape index (κ2) is 9.72. The van der Waals surface area contributed by atoms with Gasteiger partial charge in [0.05, 0.1) is 22.9 Å². The first-order chi connectivity index (χ1) is 17.7. The molecule has 2 aliphatic rings. The minimum Gasteiger partial charge on any atom is -0.337 e. The number of rotatable bonds is 4. The summed E-state index contributed by atoms with van der Waals surface area (Å²) in [5, 5.41) is 1.65. The van der Waals surface area contributed by atoms with Crippen LogP contribution in [0.5, 0.6) is 0 Å². The van der Waals surface area contributed by atoms with Crippen LogP contribution in [0.4, 0.5) is 11.4 Å². The van der Waals surface area contributed by atoms with Crippen molar-refractivity contribution < 1.29 is 4.79 Å². The van der Waals surface area contributed by atoms with Gasteiger partial charge in [-0.15, -0.1) is 0 Å². The quantitative estimate of drug-likeness (QED) is 0.269. The number of amidine groups is 1. The molecule has 6 rings (SSSR count). The van der Waals surface area contributed by atoms with Crippen molar-refractivity contribution in [2.24, 2.45) is 4.99 Å². The molecule has 0 saturated carbocycles. The van der Waals surface area contributed by atoms with Crippen molar-refractivity contribution in [1.29, 1.82) is 0 Å². The lowest BCUT2D eigenvalue weighted by atomic mass is 10.1. The molecule has 176 valence electrons. The maximum Gasteiger partial charge on any atom is 0.269 e. The van der Waals surface area contributed by atoms with Crippen molar-refractivity contribution >= 4 is 46.0 Å². The fraction of sp³-hybridized carbons (Fsp3) is 0.0667. The Bertz CT molecular complexity index is 1480. The lowest BCUT2D eigenvalue weighted by molar-refractivity contribution is -0.122. The van der Waals surface area contributed by atoms with Crippen LogP contribution < -0.4 is 4.90 Å². The summed E-state index contributed by atoms with van der Waals surface area (Å²) in [6.45, 7) is 0.478. The van der Waals surface area contributed by atoms with Gasteiger partial charge in [-0.3, -0.25) is 9.69 Å². The van der Waals surface area contributed by atoms with Crippen molar-refractivity contribution in [2.45, 2.75) is 11.4 Å². The molecular formula is C30H23N3OS2. The van der Waals surface area contributed by atoms with Gasteiger partial charge in [0.15, 0.2) is 5.17 Å². The fourth-order valence-electron chi connectivity index (χ4n) is 4.29. The number of para-hydroxylation sites is 1. The highest BCUT2D eigenvalue weighted by atomic mass is 32.2. The van der Waals surface area contributed by atoms with E-state index in [9.17, 15) is 4.79 Å². The molecule has 0 N–H and O–H groups in total. The number of fused-ring (bicyclic) bond motifs is 1. The van der Waals surface area contributed by atoms with Crippen LogP contribution in [-0.4, -0.2) is 23.0 Å². The van der Waals surface area contributed by atoms with E-state index in [0.717, 1.165) is 32.4 Å². The van der Waals surface area contributed by atoms with Crippen molar-refractivity contribution in [3.05, 3.63) is 125 Å². The molecule has 0 aromatic heterocycles. The highest BCUT2D eigenvalue weighted by Crippen LogP contribution is 2.50. The minimum atomic E-state index is -0.00864. The summed E-state index contributed by atoms with van der Waals surface area (Å²) in [6, 6.07) is 36.8. The predicted molar refractivity (Wildman–Crippen MR) is 151 cm³/mol. The Kier molecular flexibility index (Phi) is 6.13. The highest BCUT2D eigenvalue weighted by Gasteiger charge is 2.39. The van der Waals surface area contributed by atoms with Crippen molar-refractivity contribution in [2.75, 3.05) is 11.9 Å². The Balaban J connectivity index is 1.36. The number of amides is 1. The van der Waals surface area contributed by atoms with E-state index >= 15 is 0 Å². The zero-order valence-electron chi connectivity index (χ0n) is 19.7. The van der Waals surface area contributed by atoms with Gasteiger partial charge < -0.3 is 4.90 Å². The Morgan fingerprint density at radius 3 is 2.08 bits per heavy atom. The number of nitrogens with zero attached hydrogens (tertiary/aromatic N) is 3. The molecule has 6 heteroatoms. The van der Waals surface area contributed by atoms with E-state index in [1.54, 1.807) is 16.7 Å². The van der Waals surface area contributed by atoms with E-state index in [1.165, 1.54) is 17.3 Å². The molecule has 1 amide bonds.